The first-order valence-electron chi connectivity index (χ1n) is 9.23. The van der Waals surface area contributed by atoms with Crippen molar-refractivity contribution in [2.24, 2.45) is 11.3 Å². The molecule has 0 aromatic carbocycles. The molecule has 22 heavy (non-hydrogen) atoms. The first-order chi connectivity index (χ1) is 10.6. The van der Waals surface area contributed by atoms with E-state index in [1.807, 2.05) is 0 Å². The van der Waals surface area contributed by atoms with Gasteiger partial charge in [-0.25, -0.2) is 0 Å². The van der Waals surface area contributed by atoms with E-state index in [-0.39, 0.29) is 12.0 Å². The van der Waals surface area contributed by atoms with Crippen molar-refractivity contribution in [3.05, 3.63) is 0 Å². The summed E-state index contributed by atoms with van der Waals surface area (Å²) < 4.78 is 0. The summed E-state index contributed by atoms with van der Waals surface area (Å²) in [5, 5.41) is 9.63. The zero-order valence-corrected chi connectivity index (χ0v) is 14.3. The lowest BCUT2D eigenvalue weighted by Crippen LogP contribution is -2.49. The molecule has 3 rings (SSSR count). The summed E-state index contributed by atoms with van der Waals surface area (Å²) in [6, 6.07) is 0.969. The molecule has 0 radical (unpaired) electrons. The molecule has 0 aromatic heterocycles. The van der Waals surface area contributed by atoms with Crippen LogP contribution in [0.25, 0.3) is 0 Å². The van der Waals surface area contributed by atoms with Crippen LogP contribution < -0.4 is 0 Å². The quantitative estimate of drug-likeness (QED) is 0.784. The third kappa shape index (κ3) is 3.48. The van der Waals surface area contributed by atoms with E-state index in [0.29, 0.717) is 24.5 Å². The fourth-order valence-corrected chi connectivity index (χ4v) is 4.00. The zero-order valence-electron chi connectivity index (χ0n) is 14.3. The molecule has 1 heterocycles. The number of likely N-dealkylation sites (tertiary alicyclic amines) is 1. The highest BCUT2D eigenvalue weighted by Crippen LogP contribution is 2.40. The van der Waals surface area contributed by atoms with Gasteiger partial charge in [-0.1, -0.05) is 6.92 Å². The van der Waals surface area contributed by atoms with Crippen LogP contribution in [-0.2, 0) is 4.79 Å². The molecule has 4 heteroatoms. The van der Waals surface area contributed by atoms with Crippen LogP contribution in [0.5, 0.6) is 0 Å². The highest BCUT2D eigenvalue weighted by Gasteiger charge is 2.42. The summed E-state index contributed by atoms with van der Waals surface area (Å²) in [6.07, 6.45) is 8.09. The number of piperidine rings is 1. The van der Waals surface area contributed by atoms with Crippen LogP contribution in [0, 0.1) is 11.3 Å². The predicted octanol–water partition coefficient (Wildman–Crippen LogP) is 2.26. The molecule has 126 valence electrons. The van der Waals surface area contributed by atoms with Crippen molar-refractivity contribution in [3.8, 4) is 0 Å². The van der Waals surface area contributed by atoms with Gasteiger partial charge in [0.25, 0.3) is 0 Å². The molecule has 1 unspecified atom stereocenters. The number of aliphatic hydroxyl groups excluding tert-OH is 1. The molecule has 0 aromatic rings. The van der Waals surface area contributed by atoms with Gasteiger partial charge in [0.05, 0.1) is 6.54 Å². The van der Waals surface area contributed by atoms with Crippen LogP contribution in [0.1, 0.15) is 58.8 Å². The van der Waals surface area contributed by atoms with Crippen LogP contribution in [0.3, 0.4) is 0 Å². The molecule has 1 amide bonds. The molecule has 1 aliphatic heterocycles. The Morgan fingerprint density at radius 2 is 1.91 bits per heavy atom. The highest BCUT2D eigenvalue weighted by molar-refractivity contribution is 5.79. The molecule has 3 aliphatic rings. The average molecular weight is 308 g/mol. The smallest absolute Gasteiger partial charge is 0.237 e. The van der Waals surface area contributed by atoms with Crippen molar-refractivity contribution < 1.29 is 9.90 Å². The number of aliphatic hydroxyl groups is 1. The first-order valence-corrected chi connectivity index (χ1v) is 9.23. The highest BCUT2D eigenvalue weighted by atomic mass is 16.3. The maximum atomic E-state index is 12.8. The maximum Gasteiger partial charge on any atom is 0.237 e. The number of hydrogen-bond donors (Lipinski definition) is 1. The minimum absolute atomic E-state index is 0.108. The van der Waals surface area contributed by atoms with Crippen molar-refractivity contribution in [2.75, 3.05) is 26.2 Å². The second-order valence-electron chi connectivity index (χ2n) is 7.90. The minimum atomic E-state index is 0.108. The SMILES string of the molecule is CCC1(CO)CCN(CC(=O)N(C2CC2)C(C)C2CC2)CC1. The number of amides is 1. The Bertz CT molecular complexity index is 390. The lowest BCUT2D eigenvalue weighted by molar-refractivity contribution is -0.136. The van der Waals surface area contributed by atoms with Crippen LogP contribution in [-0.4, -0.2) is 59.1 Å². The molecule has 1 saturated heterocycles. The number of nitrogens with zero attached hydrogens (tertiary/aromatic N) is 2. The Labute approximate surface area is 134 Å². The first kappa shape index (κ1) is 16.3. The predicted molar refractivity (Wildman–Crippen MR) is 87.5 cm³/mol. The van der Waals surface area contributed by atoms with E-state index in [0.717, 1.165) is 38.3 Å². The lowest BCUT2D eigenvalue weighted by Gasteiger charge is -2.41. The van der Waals surface area contributed by atoms with Gasteiger partial charge in [-0.05, 0) is 76.3 Å². The van der Waals surface area contributed by atoms with Gasteiger partial charge in [0, 0.05) is 18.7 Å². The second-order valence-corrected chi connectivity index (χ2v) is 7.90. The number of carbonyl (C=O) groups excluding carboxylic acids is 1. The minimum Gasteiger partial charge on any atom is -0.396 e. The van der Waals surface area contributed by atoms with Crippen molar-refractivity contribution in [2.45, 2.75) is 70.9 Å². The molecule has 3 fully saturated rings. The summed E-state index contributed by atoms with van der Waals surface area (Å²) >= 11 is 0. The standard InChI is InChI=1S/C18H32N2O2/c1-3-18(13-21)8-10-19(11-9-18)12-17(22)20(16-6-7-16)14(2)15-4-5-15/h14-16,21H,3-13H2,1-2H3. The summed E-state index contributed by atoms with van der Waals surface area (Å²) in [7, 11) is 0. The lowest BCUT2D eigenvalue weighted by atomic mass is 9.77. The van der Waals surface area contributed by atoms with Gasteiger partial charge < -0.3 is 10.0 Å². The summed E-state index contributed by atoms with van der Waals surface area (Å²) in [5.41, 5.74) is 0.108. The molecule has 0 bridgehead atoms. The normalized spacial score (nSPS) is 26.7. The van der Waals surface area contributed by atoms with E-state index >= 15 is 0 Å². The van der Waals surface area contributed by atoms with Gasteiger partial charge in [-0.15, -0.1) is 0 Å². The van der Waals surface area contributed by atoms with Gasteiger partial charge >= 0.3 is 0 Å². The van der Waals surface area contributed by atoms with Gasteiger partial charge in [0.1, 0.15) is 0 Å². The molecule has 1 N–H and O–H groups in total. The summed E-state index contributed by atoms with van der Waals surface area (Å²) in [5.74, 6) is 1.10. The topological polar surface area (TPSA) is 43.8 Å². The van der Waals surface area contributed by atoms with E-state index in [2.05, 4.69) is 23.6 Å². The summed E-state index contributed by atoms with van der Waals surface area (Å²) in [4.78, 5) is 17.3. The third-order valence-corrected chi connectivity index (χ3v) is 6.33. The molecule has 2 saturated carbocycles. The van der Waals surface area contributed by atoms with Gasteiger partial charge in [-0.2, -0.15) is 0 Å². The second kappa shape index (κ2) is 6.48. The number of hydrogen-bond acceptors (Lipinski definition) is 3. The Morgan fingerprint density at radius 3 is 2.36 bits per heavy atom. The fourth-order valence-electron chi connectivity index (χ4n) is 4.00. The largest absolute Gasteiger partial charge is 0.396 e. The number of carbonyl (C=O) groups is 1. The monoisotopic (exact) mass is 308 g/mol. The van der Waals surface area contributed by atoms with E-state index in [4.69, 9.17) is 0 Å². The van der Waals surface area contributed by atoms with Gasteiger partial charge in [0.2, 0.25) is 5.91 Å². The Morgan fingerprint density at radius 1 is 1.27 bits per heavy atom. The maximum absolute atomic E-state index is 12.8. The molecular weight excluding hydrogens is 276 g/mol. The molecule has 1 atom stereocenters. The Kier molecular flexibility index (Phi) is 4.79. The van der Waals surface area contributed by atoms with Crippen LogP contribution in [0.4, 0.5) is 0 Å². The molecular formula is C18H32N2O2. The Balaban J connectivity index is 1.53. The van der Waals surface area contributed by atoms with Crippen LogP contribution >= 0.6 is 0 Å². The molecule has 2 aliphatic carbocycles. The van der Waals surface area contributed by atoms with Gasteiger partial charge in [-0.3, -0.25) is 9.69 Å². The fraction of sp³-hybridized carbons (Fsp3) is 0.944. The van der Waals surface area contributed by atoms with Crippen LogP contribution in [0.2, 0.25) is 0 Å². The van der Waals surface area contributed by atoms with Crippen molar-refractivity contribution in [1.82, 2.24) is 9.80 Å². The summed E-state index contributed by atoms with van der Waals surface area (Å²) in [6.45, 7) is 7.20. The van der Waals surface area contributed by atoms with Gasteiger partial charge in [0.15, 0.2) is 0 Å². The van der Waals surface area contributed by atoms with E-state index < -0.39 is 0 Å². The average Bonchev–Trinajstić information content (AvgIpc) is 3.40. The van der Waals surface area contributed by atoms with Crippen molar-refractivity contribution in [3.63, 3.8) is 0 Å². The van der Waals surface area contributed by atoms with Crippen molar-refractivity contribution >= 4 is 5.91 Å². The Hall–Kier alpha value is -0.610. The van der Waals surface area contributed by atoms with Crippen LogP contribution in [0.15, 0.2) is 0 Å². The molecule has 0 spiro atoms. The number of rotatable bonds is 7. The van der Waals surface area contributed by atoms with E-state index in [1.165, 1.54) is 25.7 Å². The third-order valence-electron chi connectivity index (χ3n) is 6.33. The zero-order chi connectivity index (χ0) is 15.7. The van der Waals surface area contributed by atoms with E-state index in [9.17, 15) is 9.90 Å². The molecule has 4 nitrogen and oxygen atoms in total. The van der Waals surface area contributed by atoms with E-state index in [1.54, 1.807) is 0 Å². The van der Waals surface area contributed by atoms with Crippen molar-refractivity contribution in [1.29, 1.82) is 0 Å².